The molecule has 1 aromatic rings. The summed E-state index contributed by atoms with van der Waals surface area (Å²) in [7, 11) is 0. The van der Waals surface area contributed by atoms with Crippen LogP contribution in [-0.2, 0) is 4.79 Å². The van der Waals surface area contributed by atoms with Crippen molar-refractivity contribution in [1.82, 2.24) is 10.2 Å². The molecule has 1 fully saturated rings. The zero-order chi connectivity index (χ0) is 14.5. The van der Waals surface area contributed by atoms with E-state index < -0.39 is 0 Å². The molecule has 0 bridgehead atoms. The third-order valence-corrected chi connectivity index (χ3v) is 3.81. The molecule has 0 aliphatic carbocycles. The Hall–Kier alpha value is -1.75. The molecule has 5 nitrogen and oxygen atoms in total. The summed E-state index contributed by atoms with van der Waals surface area (Å²) in [6, 6.07) is 7.20. The fourth-order valence-corrected chi connectivity index (χ4v) is 2.52. The highest BCUT2D eigenvalue weighted by atomic mass is 16.3. The monoisotopic (exact) mass is 277 g/mol. The standard InChI is InChI=1S/C15H23N3O2/c1-3-16-15(20)12(2)17-8-10-18(11-9-17)13-4-6-14(19)7-5-13/h4-7,12,19H,3,8-11H2,1-2H3,(H,16,20)/t12-/m0/s1. The smallest absolute Gasteiger partial charge is 0.237 e. The van der Waals surface area contributed by atoms with Gasteiger partial charge < -0.3 is 15.3 Å². The van der Waals surface area contributed by atoms with E-state index in [0.717, 1.165) is 31.9 Å². The van der Waals surface area contributed by atoms with Gasteiger partial charge in [-0.05, 0) is 38.1 Å². The van der Waals surface area contributed by atoms with Crippen molar-refractivity contribution >= 4 is 11.6 Å². The van der Waals surface area contributed by atoms with Gasteiger partial charge in [-0.15, -0.1) is 0 Å². The minimum atomic E-state index is -0.0723. The Morgan fingerprint density at radius 2 is 1.85 bits per heavy atom. The number of benzene rings is 1. The van der Waals surface area contributed by atoms with Crippen molar-refractivity contribution in [2.45, 2.75) is 19.9 Å². The maximum absolute atomic E-state index is 11.8. The van der Waals surface area contributed by atoms with E-state index in [1.165, 1.54) is 0 Å². The summed E-state index contributed by atoms with van der Waals surface area (Å²) in [6.45, 7) is 8.12. The number of phenolic OH excluding ortho intramolecular Hbond substituents is 1. The molecule has 0 radical (unpaired) electrons. The van der Waals surface area contributed by atoms with E-state index >= 15 is 0 Å². The van der Waals surface area contributed by atoms with Crippen LogP contribution >= 0.6 is 0 Å². The number of anilines is 1. The maximum Gasteiger partial charge on any atom is 0.237 e. The lowest BCUT2D eigenvalue weighted by Crippen LogP contribution is -2.54. The summed E-state index contributed by atoms with van der Waals surface area (Å²) in [5.74, 6) is 0.392. The Labute approximate surface area is 120 Å². The first-order chi connectivity index (χ1) is 9.61. The van der Waals surface area contributed by atoms with Crippen molar-refractivity contribution in [3.05, 3.63) is 24.3 Å². The Morgan fingerprint density at radius 1 is 1.25 bits per heavy atom. The average Bonchev–Trinajstić information content (AvgIpc) is 2.48. The molecule has 1 aromatic carbocycles. The fourth-order valence-electron chi connectivity index (χ4n) is 2.52. The second-order valence-corrected chi connectivity index (χ2v) is 5.11. The molecule has 1 atom stereocenters. The highest BCUT2D eigenvalue weighted by Gasteiger charge is 2.25. The van der Waals surface area contributed by atoms with Crippen LogP contribution in [0.2, 0.25) is 0 Å². The molecular formula is C15H23N3O2. The molecule has 1 aliphatic rings. The molecule has 1 aliphatic heterocycles. The number of piperazine rings is 1. The number of likely N-dealkylation sites (N-methyl/N-ethyl adjacent to an activating group) is 1. The molecule has 5 heteroatoms. The number of carbonyl (C=O) groups is 1. The van der Waals surface area contributed by atoms with Gasteiger partial charge in [0.2, 0.25) is 5.91 Å². The Balaban J connectivity index is 1.89. The number of carbonyl (C=O) groups excluding carboxylic acids is 1. The van der Waals surface area contributed by atoms with Crippen LogP contribution in [0.3, 0.4) is 0 Å². The van der Waals surface area contributed by atoms with Gasteiger partial charge in [-0.1, -0.05) is 0 Å². The van der Waals surface area contributed by atoms with Gasteiger partial charge in [0, 0.05) is 38.4 Å². The number of hydrogen-bond acceptors (Lipinski definition) is 4. The number of aromatic hydroxyl groups is 1. The van der Waals surface area contributed by atoms with E-state index in [1.807, 2.05) is 26.0 Å². The number of hydrogen-bond donors (Lipinski definition) is 2. The Morgan fingerprint density at radius 3 is 2.40 bits per heavy atom. The van der Waals surface area contributed by atoms with Gasteiger partial charge in [0.05, 0.1) is 6.04 Å². The summed E-state index contributed by atoms with van der Waals surface area (Å²) in [5, 5.41) is 12.2. The molecule has 0 aromatic heterocycles. The van der Waals surface area contributed by atoms with E-state index in [1.54, 1.807) is 12.1 Å². The van der Waals surface area contributed by atoms with Gasteiger partial charge in [0.1, 0.15) is 5.75 Å². The van der Waals surface area contributed by atoms with Crippen molar-refractivity contribution < 1.29 is 9.90 Å². The van der Waals surface area contributed by atoms with Crippen LogP contribution in [-0.4, -0.2) is 54.7 Å². The van der Waals surface area contributed by atoms with Crippen LogP contribution in [0.1, 0.15) is 13.8 Å². The molecule has 2 rings (SSSR count). The number of nitrogens with one attached hydrogen (secondary N) is 1. The van der Waals surface area contributed by atoms with Gasteiger partial charge in [0.25, 0.3) is 0 Å². The topological polar surface area (TPSA) is 55.8 Å². The normalized spacial score (nSPS) is 17.8. The van der Waals surface area contributed by atoms with Gasteiger partial charge in [-0.25, -0.2) is 0 Å². The fraction of sp³-hybridized carbons (Fsp3) is 0.533. The molecule has 110 valence electrons. The lowest BCUT2D eigenvalue weighted by molar-refractivity contribution is -0.125. The highest BCUT2D eigenvalue weighted by Crippen LogP contribution is 2.20. The molecule has 1 saturated heterocycles. The van der Waals surface area contributed by atoms with E-state index in [9.17, 15) is 9.90 Å². The predicted octanol–water partition coefficient (Wildman–Crippen LogP) is 1.04. The Kier molecular flexibility index (Phi) is 4.84. The first-order valence-electron chi connectivity index (χ1n) is 7.17. The summed E-state index contributed by atoms with van der Waals surface area (Å²) < 4.78 is 0. The number of amides is 1. The summed E-state index contributed by atoms with van der Waals surface area (Å²) >= 11 is 0. The molecule has 2 N–H and O–H groups in total. The molecule has 0 saturated carbocycles. The van der Waals surface area contributed by atoms with Gasteiger partial charge in [-0.3, -0.25) is 9.69 Å². The lowest BCUT2D eigenvalue weighted by Gasteiger charge is -2.38. The van der Waals surface area contributed by atoms with Crippen molar-refractivity contribution in [2.24, 2.45) is 0 Å². The highest BCUT2D eigenvalue weighted by molar-refractivity contribution is 5.81. The van der Waals surface area contributed by atoms with Crippen molar-refractivity contribution in [1.29, 1.82) is 0 Å². The lowest BCUT2D eigenvalue weighted by atomic mass is 10.2. The van der Waals surface area contributed by atoms with Crippen LogP contribution in [0.15, 0.2) is 24.3 Å². The molecule has 1 amide bonds. The van der Waals surface area contributed by atoms with Crippen molar-refractivity contribution in [2.75, 3.05) is 37.6 Å². The number of rotatable bonds is 4. The minimum Gasteiger partial charge on any atom is -0.508 e. The van der Waals surface area contributed by atoms with E-state index in [2.05, 4.69) is 15.1 Å². The first kappa shape index (κ1) is 14.7. The van der Waals surface area contributed by atoms with Crippen LogP contribution < -0.4 is 10.2 Å². The molecule has 0 spiro atoms. The quantitative estimate of drug-likeness (QED) is 0.863. The first-order valence-corrected chi connectivity index (χ1v) is 7.17. The van der Waals surface area contributed by atoms with Crippen LogP contribution in [0.4, 0.5) is 5.69 Å². The third kappa shape index (κ3) is 3.42. The van der Waals surface area contributed by atoms with Gasteiger partial charge in [-0.2, -0.15) is 0 Å². The largest absolute Gasteiger partial charge is 0.508 e. The average molecular weight is 277 g/mol. The van der Waals surface area contributed by atoms with E-state index in [4.69, 9.17) is 0 Å². The third-order valence-electron chi connectivity index (χ3n) is 3.81. The SMILES string of the molecule is CCNC(=O)[C@H](C)N1CCN(c2ccc(O)cc2)CC1. The van der Waals surface area contributed by atoms with Crippen LogP contribution in [0, 0.1) is 0 Å². The second-order valence-electron chi connectivity index (χ2n) is 5.11. The Bertz CT molecular complexity index is 439. The van der Waals surface area contributed by atoms with E-state index in [0.29, 0.717) is 6.54 Å². The molecular weight excluding hydrogens is 254 g/mol. The van der Waals surface area contributed by atoms with Gasteiger partial charge in [0.15, 0.2) is 0 Å². The van der Waals surface area contributed by atoms with Crippen LogP contribution in [0.25, 0.3) is 0 Å². The van der Waals surface area contributed by atoms with Gasteiger partial charge >= 0.3 is 0 Å². The second kappa shape index (κ2) is 6.61. The molecule has 0 unspecified atom stereocenters. The molecule has 20 heavy (non-hydrogen) atoms. The minimum absolute atomic E-state index is 0.0723. The van der Waals surface area contributed by atoms with E-state index in [-0.39, 0.29) is 17.7 Å². The maximum atomic E-state index is 11.8. The molecule has 1 heterocycles. The summed E-state index contributed by atoms with van der Waals surface area (Å²) in [5.41, 5.74) is 1.12. The summed E-state index contributed by atoms with van der Waals surface area (Å²) in [4.78, 5) is 16.3. The van der Waals surface area contributed by atoms with Crippen LogP contribution in [0.5, 0.6) is 5.75 Å². The summed E-state index contributed by atoms with van der Waals surface area (Å²) in [6.07, 6.45) is 0. The number of phenols is 1. The van der Waals surface area contributed by atoms with Crippen molar-refractivity contribution in [3.63, 3.8) is 0 Å². The zero-order valence-electron chi connectivity index (χ0n) is 12.2. The predicted molar refractivity (Wildman–Crippen MR) is 80.0 cm³/mol. The zero-order valence-corrected chi connectivity index (χ0v) is 12.2. The number of nitrogens with zero attached hydrogens (tertiary/aromatic N) is 2. The van der Waals surface area contributed by atoms with Crippen molar-refractivity contribution in [3.8, 4) is 5.75 Å².